The number of hydrogen-bond donors (Lipinski definition) is 0. The number of rotatable bonds is 8. The highest BCUT2D eigenvalue weighted by molar-refractivity contribution is 7.22. The van der Waals surface area contributed by atoms with Crippen LogP contribution in [0.3, 0.4) is 0 Å². The average molecular weight is 452 g/mol. The van der Waals surface area contributed by atoms with Gasteiger partial charge in [0.25, 0.3) is 5.91 Å². The van der Waals surface area contributed by atoms with Crippen molar-refractivity contribution in [2.75, 3.05) is 11.5 Å². The van der Waals surface area contributed by atoms with Gasteiger partial charge in [0.2, 0.25) is 0 Å². The van der Waals surface area contributed by atoms with E-state index in [1.54, 1.807) is 29.3 Å². The first-order valence-electron chi connectivity index (χ1n) is 10.2. The highest BCUT2D eigenvalue weighted by atomic mass is 35.5. The van der Waals surface area contributed by atoms with E-state index < -0.39 is 0 Å². The molecule has 0 fully saturated rings. The molecule has 5 nitrogen and oxygen atoms in total. The number of unbranched alkanes of at least 4 members (excludes halogenated alkanes) is 1. The Morgan fingerprint density at radius 2 is 1.94 bits per heavy atom. The molecule has 0 aliphatic carbocycles. The lowest BCUT2D eigenvalue weighted by molar-refractivity contribution is 0.0985. The molecule has 0 saturated carbocycles. The maximum atomic E-state index is 13.5. The van der Waals surface area contributed by atoms with Gasteiger partial charge in [-0.25, -0.2) is 4.98 Å². The van der Waals surface area contributed by atoms with E-state index in [4.69, 9.17) is 16.3 Å². The van der Waals surface area contributed by atoms with Gasteiger partial charge in [-0.2, -0.15) is 0 Å². The summed E-state index contributed by atoms with van der Waals surface area (Å²) in [6, 6.07) is 18.5. The Labute approximate surface area is 190 Å². The lowest BCUT2D eigenvalue weighted by Crippen LogP contribution is -2.30. The Kier molecular flexibility index (Phi) is 6.79. The summed E-state index contributed by atoms with van der Waals surface area (Å²) in [6.45, 7) is 3.10. The van der Waals surface area contributed by atoms with Gasteiger partial charge in [0.05, 0.1) is 28.6 Å². The molecule has 1 amide bonds. The number of carbonyl (C=O) groups is 1. The van der Waals surface area contributed by atoms with Crippen LogP contribution in [0, 0.1) is 0 Å². The maximum Gasteiger partial charge on any atom is 0.260 e. The number of aromatic nitrogens is 2. The van der Waals surface area contributed by atoms with E-state index in [1.807, 2.05) is 42.5 Å². The lowest BCUT2D eigenvalue weighted by Gasteiger charge is -2.20. The second-order valence-electron chi connectivity index (χ2n) is 7.02. The number of carbonyl (C=O) groups excluding carboxylic acids is 1. The molecule has 0 aliphatic rings. The van der Waals surface area contributed by atoms with E-state index in [0.717, 1.165) is 29.0 Å². The molecule has 31 heavy (non-hydrogen) atoms. The molecule has 0 N–H and O–H groups in total. The zero-order chi connectivity index (χ0) is 21.6. The molecule has 2 aromatic heterocycles. The van der Waals surface area contributed by atoms with Crippen LogP contribution in [0.4, 0.5) is 5.13 Å². The Morgan fingerprint density at radius 3 is 2.65 bits per heavy atom. The first-order valence-corrected chi connectivity index (χ1v) is 11.3. The summed E-state index contributed by atoms with van der Waals surface area (Å²) in [7, 11) is 0. The zero-order valence-corrected chi connectivity index (χ0v) is 18.7. The SMILES string of the molecule is CCCCOc1ccc(C(=O)N(Cc2ccccn2)c2nc3c(Cl)cccc3s2)cc1. The molecule has 7 heteroatoms. The van der Waals surface area contributed by atoms with Crippen molar-refractivity contribution >= 4 is 44.2 Å². The van der Waals surface area contributed by atoms with Crippen LogP contribution in [0.15, 0.2) is 66.9 Å². The number of benzene rings is 2. The van der Waals surface area contributed by atoms with Gasteiger partial charge in [0.15, 0.2) is 5.13 Å². The van der Waals surface area contributed by atoms with Crippen molar-refractivity contribution < 1.29 is 9.53 Å². The number of hydrogen-bond acceptors (Lipinski definition) is 5. The first kappa shape index (κ1) is 21.3. The summed E-state index contributed by atoms with van der Waals surface area (Å²) in [5.74, 6) is 0.606. The summed E-state index contributed by atoms with van der Waals surface area (Å²) >= 11 is 7.75. The zero-order valence-electron chi connectivity index (χ0n) is 17.1. The van der Waals surface area contributed by atoms with Crippen molar-refractivity contribution in [3.05, 3.63) is 83.1 Å². The van der Waals surface area contributed by atoms with Gasteiger partial charge >= 0.3 is 0 Å². The fourth-order valence-electron chi connectivity index (χ4n) is 3.08. The van der Waals surface area contributed by atoms with Crippen molar-refractivity contribution in [2.45, 2.75) is 26.3 Å². The summed E-state index contributed by atoms with van der Waals surface area (Å²) in [4.78, 5) is 24.2. The van der Waals surface area contributed by atoms with E-state index in [0.29, 0.717) is 34.4 Å². The highest BCUT2D eigenvalue weighted by Crippen LogP contribution is 2.34. The maximum absolute atomic E-state index is 13.5. The number of amides is 1. The van der Waals surface area contributed by atoms with Crippen LogP contribution in [-0.2, 0) is 6.54 Å². The molecule has 0 atom stereocenters. The predicted molar refractivity (Wildman–Crippen MR) is 126 cm³/mol. The van der Waals surface area contributed by atoms with Crippen molar-refractivity contribution in [3.8, 4) is 5.75 Å². The first-order chi connectivity index (χ1) is 15.2. The Balaban J connectivity index is 1.64. The van der Waals surface area contributed by atoms with Gasteiger partial charge in [-0.05, 0) is 55.0 Å². The molecule has 0 spiro atoms. The van der Waals surface area contributed by atoms with Crippen molar-refractivity contribution in [3.63, 3.8) is 0 Å². The third-order valence-corrected chi connectivity index (χ3v) is 6.10. The van der Waals surface area contributed by atoms with Crippen LogP contribution >= 0.6 is 22.9 Å². The summed E-state index contributed by atoms with van der Waals surface area (Å²) < 4.78 is 6.65. The molecular weight excluding hydrogens is 430 g/mol. The number of fused-ring (bicyclic) bond motifs is 1. The lowest BCUT2D eigenvalue weighted by atomic mass is 10.2. The minimum Gasteiger partial charge on any atom is -0.494 e. The van der Waals surface area contributed by atoms with Gasteiger partial charge in [-0.1, -0.05) is 48.4 Å². The fourth-order valence-corrected chi connectivity index (χ4v) is 4.35. The summed E-state index contributed by atoms with van der Waals surface area (Å²) in [5, 5.41) is 1.15. The molecule has 0 bridgehead atoms. The van der Waals surface area contributed by atoms with E-state index in [-0.39, 0.29) is 5.91 Å². The number of halogens is 1. The number of anilines is 1. The molecular formula is C24H22ClN3O2S. The predicted octanol–water partition coefficient (Wildman–Crippen LogP) is 6.37. The van der Waals surface area contributed by atoms with E-state index in [9.17, 15) is 4.79 Å². The molecule has 0 unspecified atom stereocenters. The largest absolute Gasteiger partial charge is 0.494 e. The normalized spacial score (nSPS) is 10.9. The molecule has 4 aromatic rings. The Hall–Kier alpha value is -2.96. The van der Waals surface area contributed by atoms with Crippen LogP contribution in [0.2, 0.25) is 5.02 Å². The van der Waals surface area contributed by atoms with Crippen LogP contribution in [0.25, 0.3) is 10.2 Å². The monoisotopic (exact) mass is 451 g/mol. The molecule has 4 rings (SSSR count). The van der Waals surface area contributed by atoms with Crippen molar-refractivity contribution in [2.24, 2.45) is 0 Å². The van der Waals surface area contributed by atoms with Gasteiger partial charge in [0.1, 0.15) is 11.3 Å². The number of para-hydroxylation sites is 1. The molecule has 158 valence electrons. The third-order valence-electron chi connectivity index (χ3n) is 4.75. The quantitative estimate of drug-likeness (QED) is 0.292. The van der Waals surface area contributed by atoms with Crippen molar-refractivity contribution in [1.82, 2.24) is 9.97 Å². The van der Waals surface area contributed by atoms with Crippen LogP contribution in [0.5, 0.6) is 5.75 Å². The van der Waals surface area contributed by atoms with Gasteiger partial charge in [0, 0.05) is 11.8 Å². The molecule has 0 saturated heterocycles. The minimum absolute atomic E-state index is 0.152. The molecule has 0 aliphatic heterocycles. The van der Waals surface area contributed by atoms with Crippen LogP contribution in [-0.4, -0.2) is 22.5 Å². The van der Waals surface area contributed by atoms with Gasteiger partial charge in [-0.3, -0.25) is 14.7 Å². The molecule has 2 heterocycles. The Morgan fingerprint density at radius 1 is 1.10 bits per heavy atom. The second kappa shape index (κ2) is 9.90. The Bertz CT molecular complexity index is 1160. The van der Waals surface area contributed by atoms with Gasteiger partial charge < -0.3 is 4.74 Å². The van der Waals surface area contributed by atoms with Gasteiger partial charge in [-0.15, -0.1) is 0 Å². The van der Waals surface area contributed by atoms with Crippen molar-refractivity contribution in [1.29, 1.82) is 0 Å². The van der Waals surface area contributed by atoms with Crippen LogP contribution in [0.1, 0.15) is 35.8 Å². The number of nitrogens with zero attached hydrogens (tertiary/aromatic N) is 3. The molecule has 0 radical (unpaired) electrons. The molecule has 2 aromatic carbocycles. The summed E-state index contributed by atoms with van der Waals surface area (Å²) in [6.07, 6.45) is 3.79. The smallest absolute Gasteiger partial charge is 0.260 e. The highest BCUT2D eigenvalue weighted by Gasteiger charge is 2.23. The number of pyridine rings is 1. The fraction of sp³-hybridized carbons (Fsp3) is 0.208. The van der Waals surface area contributed by atoms with E-state index >= 15 is 0 Å². The average Bonchev–Trinajstić information content (AvgIpc) is 3.24. The minimum atomic E-state index is -0.152. The summed E-state index contributed by atoms with van der Waals surface area (Å²) in [5.41, 5.74) is 2.03. The topological polar surface area (TPSA) is 55.3 Å². The second-order valence-corrected chi connectivity index (χ2v) is 8.44. The van der Waals surface area contributed by atoms with E-state index in [2.05, 4.69) is 16.9 Å². The standard InChI is InChI=1S/C24H22ClN3O2S/c1-2-3-15-30-19-12-10-17(11-13-19)23(29)28(16-18-7-4-5-14-26-18)24-27-22-20(25)8-6-9-21(22)31-24/h4-14H,2-3,15-16H2,1H3. The van der Waals surface area contributed by atoms with Crippen LogP contribution < -0.4 is 9.64 Å². The number of thiazole rings is 1. The third kappa shape index (κ3) is 5.03. The number of ether oxygens (including phenoxy) is 1. The van der Waals surface area contributed by atoms with E-state index in [1.165, 1.54) is 11.3 Å².